The van der Waals surface area contributed by atoms with Gasteiger partial charge in [0.15, 0.2) is 0 Å². The van der Waals surface area contributed by atoms with Crippen molar-refractivity contribution < 1.29 is 4.79 Å². The molecule has 0 aliphatic carbocycles. The van der Waals surface area contributed by atoms with Crippen LogP contribution in [-0.2, 0) is 16.6 Å². The third-order valence-corrected chi connectivity index (χ3v) is 4.92. The first-order chi connectivity index (χ1) is 11.9. The van der Waals surface area contributed by atoms with Gasteiger partial charge in [0, 0.05) is 6.54 Å². The van der Waals surface area contributed by atoms with E-state index in [4.69, 9.17) is 0 Å². The number of nitrogens with one attached hydrogen (secondary N) is 1. The van der Waals surface area contributed by atoms with Gasteiger partial charge in [-0.2, -0.15) is 0 Å². The van der Waals surface area contributed by atoms with Gasteiger partial charge in [0.2, 0.25) is 5.91 Å². The van der Waals surface area contributed by atoms with Gasteiger partial charge >= 0.3 is 0 Å². The van der Waals surface area contributed by atoms with Crippen LogP contribution in [0.2, 0.25) is 0 Å². The molecular formula is C22H30N2O. The minimum absolute atomic E-state index is 0.0516. The maximum atomic E-state index is 12.8. The van der Waals surface area contributed by atoms with E-state index in [2.05, 4.69) is 41.4 Å². The number of carbonyl (C=O) groups excluding carboxylic acids is 1. The zero-order valence-corrected chi connectivity index (χ0v) is 16.0. The van der Waals surface area contributed by atoms with E-state index >= 15 is 0 Å². The van der Waals surface area contributed by atoms with Crippen LogP contribution in [0.1, 0.15) is 43.5 Å². The molecule has 0 radical (unpaired) electrons. The van der Waals surface area contributed by atoms with Crippen LogP contribution in [0.25, 0.3) is 0 Å². The molecule has 2 rings (SSSR count). The fourth-order valence-corrected chi connectivity index (χ4v) is 2.97. The van der Waals surface area contributed by atoms with E-state index in [0.29, 0.717) is 6.54 Å². The van der Waals surface area contributed by atoms with Crippen molar-refractivity contribution in [3.63, 3.8) is 0 Å². The Kier molecular flexibility index (Phi) is 6.38. The van der Waals surface area contributed by atoms with Gasteiger partial charge in [0.1, 0.15) is 0 Å². The molecule has 0 aliphatic rings. The van der Waals surface area contributed by atoms with Crippen molar-refractivity contribution in [3.05, 3.63) is 71.3 Å². The Hall–Kier alpha value is -2.13. The minimum Gasteiger partial charge on any atom is -0.353 e. The van der Waals surface area contributed by atoms with Gasteiger partial charge in [-0.3, -0.25) is 4.79 Å². The molecule has 0 bridgehead atoms. The summed E-state index contributed by atoms with van der Waals surface area (Å²) in [6.45, 7) is 6.69. The Balaban J connectivity index is 2.09. The number of hydrogen-bond acceptors (Lipinski definition) is 2. The molecule has 0 saturated carbocycles. The number of amides is 1. The van der Waals surface area contributed by atoms with Crippen molar-refractivity contribution in [2.24, 2.45) is 0 Å². The molecule has 3 nitrogen and oxygen atoms in total. The molecule has 0 aromatic heterocycles. The van der Waals surface area contributed by atoms with Crippen molar-refractivity contribution in [2.45, 2.75) is 38.6 Å². The van der Waals surface area contributed by atoms with Crippen LogP contribution in [0.4, 0.5) is 0 Å². The van der Waals surface area contributed by atoms with Gasteiger partial charge in [-0.05, 0) is 51.1 Å². The van der Waals surface area contributed by atoms with Crippen molar-refractivity contribution in [1.82, 2.24) is 10.2 Å². The van der Waals surface area contributed by atoms with Crippen LogP contribution >= 0.6 is 0 Å². The molecule has 1 N–H and O–H groups in total. The zero-order valence-electron chi connectivity index (χ0n) is 16.0. The maximum Gasteiger partial charge on any atom is 0.230 e. The van der Waals surface area contributed by atoms with Gasteiger partial charge in [-0.1, -0.05) is 61.5 Å². The third kappa shape index (κ3) is 4.70. The van der Waals surface area contributed by atoms with E-state index in [9.17, 15) is 4.79 Å². The molecule has 0 unspecified atom stereocenters. The summed E-state index contributed by atoms with van der Waals surface area (Å²) < 4.78 is 0. The Bertz CT molecular complexity index is 675. The zero-order chi connectivity index (χ0) is 18.4. The molecule has 2 aromatic carbocycles. The van der Waals surface area contributed by atoms with Crippen molar-refractivity contribution >= 4 is 5.91 Å². The van der Waals surface area contributed by atoms with Crippen LogP contribution in [0.5, 0.6) is 0 Å². The highest BCUT2D eigenvalue weighted by atomic mass is 16.2. The van der Waals surface area contributed by atoms with E-state index in [1.165, 1.54) is 11.1 Å². The van der Waals surface area contributed by atoms with E-state index in [-0.39, 0.29) is 11.9 Å². The first kappa shape index (κ1) is 19.2. The molecule has 3 heteroatoms. The summed E-state index contributed by atoms with van der Waals surface area (Å²) in [6.07, 6.45) is 1.04. The van der Waals surface area contributed by atoms with E-state index < -0.39 is 5.41 Å². The van der Waals surface area contributed by atoms with Crippen LogP contribution < -0.4 is 5.32 Å². The summed E-state index contributed by atoms with van der Waals surface area (Å²) in [4.78, 5) is 14.9. The first-order valence-corrected chi connectivity index (χ1v) is 8.95. The number of benzene rings is 2. The molecule has 0 spiro atoms. The van der Waals surface area contributed by atoms with Crippen molar-refractivity contribution in [3.8, 4) is 0 Å². The average Bonchev–Trinajstić information content (AvgIpc) is 2.62. The topological polar surface area (TPSA) is 32.3 Å². The maximum absolute atomic E-state index is 12.8. The smallest absolute Gasteiger partial charge is 0.230 e. The van der Waals surface area contributed by atoms with Gasteiger partial charge in [-0.15, -0.1) is 0 Å². The molecule has 0 saturated heterocycles. The molecule has 1 amide bonds. The minimum atomic E-state index is -0.551. The quantitative estimate of drug-likeness (QED) is 0.829. The van der Waals surface area contributed by atoms with Crippen LogP contribution in [0.3, 0.4) is 0 Å². The van der Waals surface area contributed by atoms with E-state index in [1.807, 2.05) is 58.3 Å². The molecule has 0 heterocycles. The predicted molar refractivity (Wildman–Crippen MR) is 105 cm³/mol. The molecule has 1 atom stereocenters. The Morgan fingerprint density at radius 2 is 1.64 bits per heavy atom. The monoisotopic (exact) mass is 338 g/mol. The van der Waals surface area contributed by atoms with Gasteiger partial charge in [-0.25, -0.2) is 0 Å². The molecule has 134 valence electrons. The summed E-state index contributed by atoms with van der Waals surface area (Å²) in [5, 5.41) is 3.15. The average molecular weight is 338 g/mol. The van der Waals surface area contributed by atoms with Gasteiger partial charge in [0.25, 0.3) is 0 Å². The summed E-state index contributed by atoms with van der Waals surface area (Å²) in [7, 11) is 4.10. The number of rotatable bonds is 7. The second-order valence-electron chi connectivity index (χ2n) is 7.28. The predicted octanol–water partition coefficient (Wildman–Crippen LogP) is 3.95. The highest BCUT2D eigenvalue weighted by molar-refractivity contribution is 5.87. The lowest BCUT2D eigenvalue weighted by molar-refractivity contribution is -0.125. The van der Waals surface area contributed by atoms with Crippen LogP contribution in [0.15, 0.2) is 54.6 Å². The summed E-state index contributed by atoms with van der Waals surface area (Å²) >= 11 is 0. The normalized spacial score (nSPS) is 12.9. The Morgan fingerprint density at radius 1 is 1.04 bits per heavy atom. The van der Waals surface area contributed by atoms with E-state index in [1.54, 1.807) is 0 Å². The lowest BCUT2D eigenvalue weighted by atomic mass is 9.83. The van der Waals surface area contributed by atoms with Crippen LogP contribution in [0, 0.1) is 0 Å². The molecule has 0 aliphatic heterocycles. The lowest BCUT2D eigenvalue weighted by Gasteiger charge is -2.29. The number of aryl methyl sites for hydroxylation is 1. The molecular weight excluding hydrogens is 308 g/mol. The Labute approximate surface area is 152 Å². The first-order valence-electron chi connectivity index (χ1n) is 8.95. The summed E-state index contributed by atoms with van der Waals surface area (Å²) in [5.74, 6) is 0.0516. The second kappa shape index (κ2) is 8.30. The fraction of sp³-hybridized carbons (Fsp3) is 0.409. The molecule has 0 fully saturated rings. The lowest BCUT2D eigenvalue weighted by Crippen LogP contribution is -2.43. The number of likely N-dealkylation sites (N-methyl/N-ethyl adjacent to an activating group) is 1. The molecule has 2 aromatic rings. The second-order valence-corrected chi connectivity index (χ2v) is 7.28. The number of carbonyl (C=O) groups is 1. The standard InChI is InChI=1S/C22H30N2O/c1-6-17-12-14-18(15-13-17)20(24(4)5)16-23-21(25)22(2,3)19-10-8-7-9-11-19/h7-15,20H,6,16H2,1-5H3,(H,23,25)/t20-/m1/s1. The summed E-state index contributed by atoms with van der Waals surface area (Å²) in [6, 6.07) is 18.8. The van der Waals surface area contributed by atoms with Gasteiger partial charge in [0.05, 0.1) is 11.5 Å². The molecule has 25 heavy (non-hydrogen) atoms. The Morgan fingerprint density at radius 3 is 2.16 bits per heavy atom. The third-order valence-electron chi connectivity index (χ3n) is 4.92. The van der Waals surface area contributed by atoms with Crippen molar-refractivity contribution in [2.75, 3.05) is 20.6 Å². The largest absolute Gasteiger partial charge is 0.353 e. The fourth-order valence-electron chi connectivity index (χ4n) is 2.97. The van der Waals surface area contributed by atoms with Gasteiger partial charge < -0.3 is 10.2 Å². The highest BCUT2D eigenvalue weighted by Crippen LogP contribution is 2.24. The number of nitrogens with zero attached hydrogens (tertiary/aromatic N) is 1. The summed E-state index contributed by atoms with van der Waals surface area (Å²) in [5.41, 5.74) is 3.03. The highest BCUT2D eigenvalue weighted by Gasteiger charge is 2.30. The SMILES string of the molecule is CCc1ccc([C@@H](CNC(=O)C(C)(C)c2ccccc2)N(C)C)cc1. The van der Waals surface area contributed by atoms with Crippen LogP contribution in [-0.4, -0.2) is 31.4 Å². The van der Waals surface area contributed by atoms with E-state index in [0.717, 1.165) is 12.0 Å². The van der Waals surface area contributed by atoms with Crippen molar-refractivity contribution in [1.29, 1.82) is 0 Å². The number of hydrogen-bond donors (Lipinski definition) is 1.